The number of hydrogen-bond acceptors (Lipinski definition) is 4. The molecular weight excluding hydrogens is 256 g/mol. The van der Waals surface area contributed by atoms with Crippen LogP contribution in [0.1, 0.15) is 4.88 Å². The van der Waals surface area contributed by atoms with E-state index in [9.17, 15) is 9.59 Å². The summed E-state index contributed by atoms with van der Waals surface area (Å²) in [5.74, 6) is 1.59. The Morgan fingerprint density at radius 2 is 2.29 bits per heavy atom. The van der Waals surface area contributed by atoms with Crippen molar-refractivity contribution in [3.63, 3.8) is 0 Å². The van der Waals surface area contributed by atoms with Gasteiger partial charge in [0.2, 0.25) is 11.8 Å². The average molecular weight is 268 g/mol. The van der Waals surface area contributed by atoms with Gasteiger partial charge in [-0.25, -0.2) is 0 Å². The first-order valence-corrected chi connectivity index (χ1v) is 7.47. The van der Waals surface area contributed by atoms with Gasteiger partial charge in [-0.05, 0) is 11.4 Å². The molecule has 0 spiro atoms. The Morgan fingerprint density at radius 1 is 1.41 bits per heavy atom. The minimum atomic E-state index is -0.221. The van der Waals surface area contributed by atoms with Gasteiger partial charge < -0.3 is 9.80 Å². The van der Waals surface area contributed by atoms with Crippen LogP contribution < -0.4 is 0 Å². The molecule has 17 heavy (non-hydrogen) atoms. The van der Waals surface area contributed by atoms with Gasteiger partial charge >= 0.3 is 0 Å². The maximum absolute atomic E-state index is 12.2. The zero-order chi connectivity index (χ0) is 11.8. The number of carbonyl (C=O) groups is 2. The first kappa shape index (κ1) is 11.1. The van der Waals surface area contributed by atoms with Gasteiger partial charge in [-0.1, -0.05) is 6.07 Å². The molecule has 6 heteroatoms. The van der Waals surface area contributed by atoms with Gasteiger partial charge in [0.1, 0.15) is 12.6 Å². The van der Waals surface area contributed by atoms with Crippen molar-refractivity contribution < 1.29 is 9.59 Å². The second-order valence-electron chi connectivity index (χ2n) is 4.15. The fraction of sp³-hybridized carbons (Fsp3) is 0.455. The fourth-order valence-corrected chi connectivity index (χ4v) is 4.05. The van der Waals surface area contributed by atoms with E-state index in [1.54, 1.807) is 32.9 Å². The Hall–Kier alpha value is -1.01. The summed E-state index contributed by atoms with van der Waals surface area (Å²) in [5, 5.41) is 1.99. The van der Waals surface area contributed by atoms with Gasteiger partial charge in [0.15, 0.2) is 0 Å². The monoisotopic (exact) mass is 268 g/mol. The molecule has 2 saturated heterocycles. The molecule has 0 radical (unpaired) electrons. The quantitative estimate of drug-likeness (QED) is 0.803. The summed E-state index contributed by atoms with van der Waals surface area (Å²) < 4.78 is 0. The van der Waals surface area contributed by atoms with Crippen LogP contribution in [0, 0.1) is 0 Å². The fourth-order valence-electron chi connectivity index (χ4n) is 2.16. The summed E-state index contributed by atoms with van der Waals surface area (Å²) in [6.07, 6.45) is 0. The van der Waals surface area contributed by atoms with Crippen molar-refractivity contribution in [1.29, 1.82) is 0 Å². The third-order valence-electron chi connectivity index (χ3n) is 3.05. The van der Waals surface area contributed by atoms with E-state index >= 15 is 0 Å². The van der Waals surface area contributed by atoms with Crippen LogP contribution in [0.5, 0.6) is 0 Å². The van der Waals surface area contributed by atoms with Crippen molar-refractivity contribution in [1.82, 2.24) is 9.80 Å². The van der Waals surface area contributed by atoms with Crippen molar-refractivity contribution >= 4 is 34.9 Å². The molecule has 2 fully saturated rings. The molecule has 1 atom stereocenters. The van der Waals surface area contributed by atoms with Crippen LogP contribution in [-0.4, -0.2) is 45.8 Å². The third kappa shape index (κ3) is 1.95. The van der Waals surface area contributed by atoms with Crippen LogP contribution >= 0.6 is 23.1 Å². The molecule has 3 heterocycles. The van der Waals surface area contributed by atoms with E-state index in [-0.39, 0.29) is 24.4 Å². The molecule has 4 nitrogen and oxygen atoms in total. The zero-order valence-electron chi connectivity index (χ0n) is 9.17. The maximum atomic E-state index is 12.2. The first-order chi connectivity index (χ1) is 8.25. The van der Waals surface area contributed by atoms with Gasteiger partial charge in [0.25, 0.3) is 0 Å². The van der Waals surface area contributed by atoms with Gasteiger partial charge in [0.05, 0.1) is 12.4 Å². The van der Waals surface area contributed by atoms with Crippen LogP contribution in [0.25, 0.3) is 0 Å². The highest BCUT2D eigenvalue weighted by Crippen LogP contribution is 2.27. The van der Waals surface area contributed by atoms with Crippen molar-refractivity contribution in [3.8, 4) is 0 Å². The van der Waals surface area contributed by atoms with Crippen LogP contribution in [0.15, 0.2) is 17.5 Å². The summed E-state index contributed by atoms with van der Waals surface area (Å²) in [6, 6.07) is 3.74. The second kappa shape index (κ2) is 4.34. The molecule has 2 amide bonds. The molecule has 0 bridgehead atoms. The number of fused-ring (bicyclic) bond motifs is 1. The Balaban J connectivity index is 1.77. The van der Waals surface area contributed by atoms with E-state index < -0.39 is 0 Å². The summed E-state index contributed by atoms with van der Waals surface area (Å²) in [5.41, 5.74) is 0. The number of thiophene rings is 1. The van der Waals surface area contributed by atoms with E-state index in [1.165, 1.54) is 0 Å². The maximum Gasteiger partial charge on any atom is 0.247 e. The lowest BCUT2D eigenvalue weighted by Crippen LogP contribution is -2.57. The molecule has 3 rings (SSSR count). The lowest BCUT2D eigenvalue weighted by Gasteiger charge is -2.35. The van der Waals surface area contributed by atoms with Crippen molar-refractivity contribution in [2.24, 2.45) is 0 Å². The molecule has 1 aromatic heterocycles. The van der Waals surface area contributed by atoms with E-state index in [2.05, 4.69) is 0 Å². The van der Waals surface area contributed by atoms with Crippen LogP contribution in [0.3, 0.4) is 0 Å². The predicted octanol–water partition coefficient (Wildman–Crippen LogP) is 0.992. The highest BCUT2D eigenvalue weighted by atomic mass is 32.2. The molecule has 0 unspecified atom stereocenters. The minimum absolute atomic E-state index is 0.0798. The van der Waals surface area contributed by atoms with Crippen LogP contribution in [-0.2, 0) is 16.1 Å². The molecule has 90 valence electrons. The number of rotatable bonds is 2. The van der Waals surface area contributed by atoms with Crippen molar-refractivity contribution in [2.45, 2.75) is 12.6 Å². The number of amides is 2. The van der Waals surface area contributed by atoms with Crippen LogP contribution in [0.4, 0.5) is 0 Å². The first-order valence-electron chi connectivity index (χ1n) is 5.44. The zero-order valence-corrected chi connectivity index (χ0v) is 10.8. The summed E-state index contributed by atoms with van der Waals surface area (Å²) in [7, 11) is 0. The van der Waals surface area contributed by atoms with Gasteiger partial charge in [-0.2, -0.15) is 0 Å². The largest absolute Gasteiger partial charge is 0.326 e. The Bertz CT molecular complexity index is 446. The Kier molecular flexibility index (Phi) is 2.84. The molecule has 0 N–H and O–H groups in total. The second-order valence-corrected chi connectivity index (χ2v) is 6.18. The summed E-state index contributed by atoms with van der Waals surface area (Å²) in [6.45, 7) is 0.797. The number of carbonyl (C=O) groups excluding carboxylic acids is 2. The molecule has 1 aromatic rings. The predicted molar refractivity (Wildman–Crippen MR) is 67.7 cm³/mol. The van der Waals surface area contributed by atoms with Crippen molar-refractivity contribution in [3.05, 3.63) is 22.4 Å². The van der Waals surface area contributed by atoms with E-state index in [0.717, 1.165) is 10.6 Å². The van der Waals surface area contributed by atoms with Gasteiger partial charge in [-0.15, -0.1) is 23.1 Å². The normalized spacial score (nSPS) is 24.4. The lowest BCUT2D eigenvalue weighted by atomic mass is 10.2. The molecule has 2 aliphatic heterocycles. The number of thioether (sulfide) groups is 1. The standard InChI is InChI=1S/C11H12N2O2S2/c14-10-5-12(4-8-2-1-3-17-8)11(15)9-6-16-7-13(9)10/h1-3,9H,4-7H2/t9-/m0/s1. The smallest absolute Gasteiger partial charge is 0.247 e. The minimum Gasteiger partial charge on any atom is -0.326 e. The molecule has 0 aliphatic carbocycles. The van der Waals surface area contributed by atoms with Crippen LogP contribution in [0.2, 0.25) is 0 Å². The average Bonchev–Trinajstić information content (AvgIpc) is 2.96. The Labute approximate surface area is 108 Å². The van der Waals surface area contributed by atoms with E-state index in [1.807, 2.05) is 17.5 Å². The van der Waals surface area contributed by atoms with Crippen molar-refractivity contribution in [2.75, 3.05) is 18.2 Å². The number of nitrogens with zero attached hydrogens (tertiary/aromatic N) is 2. The topological polar surface area (TPSA) is 40.6 Å². The summed E-state index contributed by atoms with van der Waals surface area (Å²) in [4.78, 5) is 28.6. The molecule has 0 saturated carbocycles. The van der Waals surface area contributed by atoms with E-state index in [0.29, 0.717) is 12.4 Å². The summed E-state index contributed by atoms with van der Waals surface area (Å²) >= 11 is 3.28. The third-order valence-corrected chi connectivity index (χ3v) is 4.93. The lowest BCUT2D eigenvalue weighted by molar-refractivity contribution is -0.153. The highest BCUT2D eigenvalue weighted by molar-refractivity contribution is 7.99. The Morgan fingerprint density at radius 3 is 3.06 bits per heavy atom. The van der Waals surface area contributed by atoms with E-state index in [4.69, 9.17) is 0 Å². The molecular formula is C11H12N2O2S2. The number of piperazine rings is 1. The number of hydrogen-bond donors (Lipinski definition) is 0. The SMILES string of the molecule is O=C1[C@@H]2CSCN2C(=O)CN1Cc1cccs1. The molecule has 0 aromatic carbocycles. The molecule has 2 aliphatic rings. The van der Waals surface area contributed by atoms with Gasteiger partial charge in [0, 0.05) is 10.6 Å². The highest BCUT2D eigenvalue weighted by Gasteiger charge is 2.42. The van der Waals surface area contributed by atoms with Gasteiger partial charge in [-0.3, -0.25) is 9.59 Å².